The van der Waals surface area contributed by atoms with E-state index in [9.17, 15) is 0 Å². The van der Waals surface area contributed by atoms with Crippen molar-refractivity contribution in [2.75, 3.05) is 13.4 Å². The number of aromatic nitrogens is 3. The van der Waals surface area contributed by atoms with Gasteiger partial charge >= 0.3 is 0 Å². The van der Waals surface area contributed by atoms with Gasteiger partial charge in [-0.1, -0.05) is 23.4 Å². The zero-order valence-corrected chi connectivity index (χ0v) is 14.7. The Balaban J connectivity index is 0.00000200. The van der Waals surface area contributed by atoms with Crippen LogP contribution in [0.4, 0.5) is 5.69 Å². The van der Waals surface area contributed by atoms with Crippen LogP contribution in [0.5, 0.6) is 5.75 Å². The van der Waals surface area contributed by atoms with Gasteiger partial charge in [0.2, 0.25) is 0 Å². The first-order chi connectivity index (χ1) is 9.13. The fourth-order valence-corrected chi connectivity index (χ4v) is 1.77. The molecule has 6 nitrogen and oxygen atoms in total. The summed E-state index contributed by atoms with van der Waals surface area (Å²) in [6.45, 7) is 0. The first kappa shape index (κ1) is 17.1. The quantitative estimate of drug-likeness (QED) is 0.465. The van der Waals surface area contributed by atoms with Crippen molar-refractivity contribution in [3.05, 3.63) is 29.9 Å². The number of thioether (sulfide) groups is 1. The van der Waals surface area contributed by atoms with Gasteiger partial charge in [0.15, 0.2) is 16.7 Å². The smallest absolute Gasteiger partial charge is 0.181 e. The fraction of sp³-hybridized carbons (Fsp3) is 0.182. The summed E-state index contributed by atoms with van der Waals surface area (Å²) in [6, 6.07) is 1.75. The Bertz CT molecular complexity index is 619. The molecular weight excluding hydrogens is 413 g/mol. The third-order valence-corrected chi connectivity index (χ3v) is 2.99. The number of imidazole rings is 1. The van der Waals surface area contributed by atoms with Crippen LogP contribution < -0.4 is 10.5 Å². The summed E-state index contributed by atoms with van der Waals surface area (Å²) in [5.74, 6) is 1.15. The van der Waals surface area contributed by atoms with Crippen molar-refractivity contribution in [3.63, 3.8) is 0 Å². The molecule has 2 heterocycles. The largest absolute Gasteiger partial charge is 0.493 e. The Hall–Kier alpha value is -1.00. The molecule has 0 aromatic carbocycles. The maximum Gasteiger partial charge on any atom is 0.181 e. The average Bonchev–Trinajstić information content (AvgIpc) is 2.84. The molecule has 108 valence electrons. The minimum Gasteiger partial charge on any atom is -0.493 e. The van der Waals surface area contributed by atoms with Gasteiger partial charge in [-0.2, -0.15) is 0 Å². The van der Waals surface area contributed by atoms with Crippen molar-refractivity contribution >= 4 is 58.2 Å². The van der Waals surface area contributed by atoms with Gasteiger partial charge in [0.25, 0.3) is 0 Å². The Morgan fingerprint density at radius 1 is 1.50 bits per heavy atom. The minimum atomic E-state index is 0. The molecule has 0 aliphatic rings. The number of nitrogens with two attached hydrogens (primary N) is 1. The lowest BCUT2D eigenvalue weighted by atomic mass is 10.3. The van der Waals surface area contributed by atoms with Crippen molar-refractivity contribution < 1.29 is 4.74 Å². The van der Waals surface area contributed by atoms with E-state index < -0.39 is 0 Å². The maximum atomic E-state index is 5.78. The van der Waals surface area contributed by atoms with E-state index in [0.29, 0.717) is 27.6 Å². The molecule has 0 radical (unpaired) electrons. The van der Waals surface area contributed by atoms with Gasteiger partial charge in [0, 0.05) is 12.3 Å². The van der Waals surface area contributed by atoms with Crippen molar-refractivity contribution in [2.45, 2.75) is 0 Å². The van der Waals surface area contributed by atoms with Crippen LogP contribution in [-0.2, 0) is 0 Å². The second kappa shape index (κ2) is 7.70. The highest BCUT2D eigenvalue weighted by molar-refractivity contribution is 14.0. The standard InChI is InChI=1S/C11H12ClN5OS.HI/c1-18-8-3-7(16-11(13)19-2)4-14-10(8)17-5-9(12)15-6-17;/h3-6H,1-2H3,(H2,13,16);1H. The van der Waals surface area contributed by atoms with Crippen LogP contribution in [-0.4, -0.2) is 33.1 Å². The third-order valence-electron chi connectivity index (χ3n) is 2.28. The predicted octanol–water partition coefficient (Wildman–Crippen LogP) is 2.86. The number of hydrogen-bond acceptors (Lipinski definition) is 5. The van der Waals surface area contributed by atoms with Gasteiger partial charge in [-0.3, -0.25) is 4.57 Å². The number of pyridine rings is 1. The van der Waals surface area contributed by atoms with E-state index in [2.05, 4.69) is 15.0 Å². The molecule has 0 fully saturated rings. The molecular formula is C11H13ClIN5OS. The molecule has 0 amide bonds. The van der Waals surface area contributed by atoms with E-state index in [1.165, 1.54) is 11.8 Å². The van der Waals surface area contributed by atoms with Crippen LogP contribution >= 0.6 is 47.3 Å². The summed E-state index contributed by atoms with van der Waals surface area (Å²) in [5.41, 5.74) is 6.28. The van der Waals surface area contributed by atoms with Crippen LogP contribution in [0, 0.1) is 0 Å². The minimum absolute atomic E-state index is 0. The molecule has 0 spiro atoms. The van der Waals surface area contributed by atoms with Crippen LogP contribution in [0.3, 0.4) is 0 Å². The summed E-state index contributed by atoms with van der Waals surface area (Å²) in [7, 11) is 1.56. The highest BCUT2D eigenvalue weighted by atomic mass is 127. The van der Waals surface area contributed by atoms with Gasteiger partial charge in [-0.15, -0.1) is 24.0 Å². The second-order valence-corrected chi connectivity index (χ2v) is 4.69. The van der Waals surface area contributed by atoms with Crippen molar-refractivity contribution in [1.82, 2.24) is 14.5 Å². The van der Waals surface area contributed by atoms with E-state index in [4.69, 9.17) is 22.1 Å². The van der Waals surface area contributed by atoms with E-state index in [1.54, 1.807) is 36.5 Å². The molecule has 0 saturated carbocycles. The first-order valence-electron chi connectivity index (χ1n) is 5.26. The summed E-state index contributed by atoms with van der Waals surface area (Å²) in [4.78, 5) is 12.4. The third kappa shape index (κ3) is 4.00. The highest BCUT2D eigenvalue weighted by Crippen LogP contribution is 2.26. The molecule has 0 saturated heterocycles. The highest BCUT2D eigenvalue weighted by Gasteiger charge is 2.09. The number of amidine groups is 1. The van der Waals surface area contributed by atoms with E-state index in [-0.39, 0.29) is 24.0 Å². The number of ether oxygens (including phenoxy) is 1. The molecule has 2 aromatic heterocycles. The Kier molecular flexibility index (Phi) is 6.56. The molecule has 0 atom stereocenters. The lowest BCUT2D eigenvalue weighted by Gasteiger charge is -2.08. The van der Waals surface area contributed by atoms with Gasteiger partial charge in [-0.05, 0) is 6.26 Å². The van der Waals surface area contributed by atoms with Crippen molar-refractivity contribution in [3.8, 4) is 11.6 Å². The normalized spacial score (nSPS) is 11.1. The zero-order chi connectivity index (χ0) is 13.8. The topological polar surface area (TPSA) is 78.3 Å². The number of nitrogens with zero attached hydrogens (tertiary/aromatic N) is 4. The molecule has 0 aliphatic carbocycles. The molecule has 2 rings (SSSR count). The molecule has 2 aromatic rings. The SMILES string of the molecule is COc1cc(N=C(N)SC)cnc1-n1cnc(Cl)c1.I. The number of hydrogen-bond donors (Lipinski definition) is 1. The number of aliphatic imine (C=N–C) groups is 1. The van der Waals surface area contributed by atoms with Gasteiger partial charge in [-0.25, -0.2) is 15.0 Å². The zero-order valence-electron chi connectivity index (χ0n) is 10.8. The lowest BCUT2D eigenvalue weighted by molar-refractivity contribution is 0.411. The van der Waals surface area contributed by atoms with E-state index in [0.717, 1.165) is 0 Å². The molecule has 20 heavy (non-hydrogen) atoms. The van der Waals surface area contributed by atoms with Gasteiger partial charge in [0.05, 0.1) is 19.0 Å². The molecule has 9 heteroatoms. The second-order valence-electron chi connectivity index (χ2n) is 3.48. The monoisotopic (exact) mass is 425 g/mol. The van der Waals surface area contributed by atoms with Crippen molar-refractivity contribution in [2.24, 2.45) is 10.7 Å². The van der Waals surface area contributed by atoms with Crippen LogP contribution in [0.1, 0.15) is 0 Å². The van der Waals surface area contributed by atoms with Gasteiger partial charge in [0.1, 0.15) is 11.5 Å². The number of halogens is 2. The fourth-order valence-electron chi connectivity index (χ4n) is 1.42. The first-order valence-corrected chi connectivity index (χ1v) is 6.86. The summed E-state index contributed by atoms with van der Waals surface area (Å²) < 4.78 is 6.97. The Morgan fingerprint density at radius 3 is 2.80 bits per heavy atom. The molecule has 0 aliphatic heterocycles. The number of rotatable bonds is 3. The molecule has 0 bridgehead atoms. The maximum absolute atomic E-state index is 5.78. The summed E-state index contributed by atoms with van der Waals surface area (Å²) in [5, 5.41) is 0.847. The summed E-state index contributed by atoms with van der Waals surface area (Å²) in [6.07, 6.45) is 6.66. The summed E-state index contributed by atoms with van der Waals surface area (Å²) >= 11 is 7.15. The van der Waals surface area contributed by atoms with Gasteiger partial charge < -0.3 is 10.5 Å². The van der Waals surface area contributed by atoms with Crippen LogP contribution in [0.25, 0.3) is 5.82 Å². The molecule has 0 unspecified atom stereocenters. The average molecular weight is 426 g/mol. The molecule has 2 N–H and O–H groups in total. The Morgan fingerprint density at radius 2 is 2.25 bits per heavy atom. The lowest BCUT2D eigenvalue weighted by Crippen LogP contribution is -2.04. The van der Waals surface area contributed by atoms with E-state index >= 15 is 0 Å². The Labute approximate surface area is 142 Å². The van der Waals surface area contributed by atoms with Crippen molar-refractivity contribution in [1.29, 1.82) is 0 Å². The van der Waals surface area contributed by atoms with Crippen LogP contribution in [0.15, 0.2) is 29.8 Å². The van der Waals surface area contributed by atoms with E-state index in [1.807, 2.05) is 6.26 Å². The number of methoxy groups -OCH3 is 1. The predicted molar refractivity (Wildman–Crippen MR) is 93.1 cm³/mol. The van der Waals surface area contributed by atoms with Crippen LogP contribution in [0.2, 0.25) is 5.15 Å².